The first-order valence-electron chi connectivity index (χ1n) is 7.08. The van der Waals surface area contributed by atoms with Crippen molar-refractivity contribution in [3.05, 3.63) is 70.0 Å². The summed E-state index contributed by atoms with van der Waals surface area (Å²) in [6.45, 7) is 6.49. The summed E-state index contributed by atoms with van der Waals surface area (Å²) in [6.07, 6.45) is 0.0140. The lowest BCUT2D eigenvalue weighted by Gasteiger charge is -2.24. The van der Waals surface area contributed by atoms with Crippen LogP contribution in [0.2, 0.25) is 5.02 Å². The molecule has 0 aliphatic heterocycles. The summed E-state index contributed by atoms with van der Waals surface area (Å²) in [5, 5.41) is 10.8. The Balaban J connectivity index is 2.32. The first-order chi connectivity index (χ1) is 9.85. The highest BCUT2D eigenvalue weighted by molar-refractivity contribution is 6.30. The minimum absolute atomic E-state index is 0.0881. The third-order valence-electron chi connectivity index (χ3n) is 4.14. The second kappa shape index (κ2) is 6.17. The normalized spacial score (nSPS) is 13.2. The molecule has 2 aromatic carbocycles. The molecule has 0 amide bonds. The fourth-order valence-electron chi connectivity index (χ4n) is 2.22. The Labute approximate surface area is 130 Å². The summed E-state index contributed by atoms with van der Waals surface area (Å²) in [6, 6.07) is 11.9. The maximum atomic E-state index is 13.8. The van der Waals surface area contributed by atoms with Gasteiger partial charge in [-0.15, -0.1) is 0 Å². The largest absolute Gasteiger partial charge is 0.384 e. The van der Waals surface area contributed by atoms with Crippen LogP contribution in [-0.4, -0.2) is 5.11 Å². The van der Waals surface area contributed by atoms with Gasteiger partial charge >= 0.3 is 0 Å². The van der Waals surface area contributed by atoms with Gasteiger partial charge in [-0.3, -0.25) is 0 Å². The second-order valence-corrected chi connectivity index (χ2v) is 6.36. The lowest BCUT2D eigenvalue weighted by molar-refractivity contribution is 0.215. The zero-order valence-electron chi connectivity index (χ0n) is 12.5. The molecule has 0 aliphatic rings. The van der Waals surface area contributed by atoms with Crippen LogP contribution in [0.3, 0.4) is 0 Å². The molecule has 112 valence electrons. The van der Waals surface area contributed by atoms with E-state index < -0.39 is 11.9 Å². The standard InChI is InChI=1S/C18H20ClFO/c1-4-18(2,3)13-7-5-12(6-8-13)17(21)15-11-14(19)9-10-16(15)20/h5-11,17,21H,4H2,1-3H3. The molecular formula is C18H20ClFO. The Morgan fingerprint density at radius 2 is 1.76 bits per heavy atom. The minimum Gasteiger partial charge on any atom is -0.384 e. The first kappa shape index (κ1) is 16.0. The number of aliphatic hydroxyl groups excluding tert-OH is 1. The number of hydrogen-bond acceptors (Lipinski definition) is 1. The van der Waals surface area contributed by atoms with Crippen LogP contribution in [0.5, 0.6) is 0 Å². The van der Waals surface area contributed by atoms with Gasteiger partial charge in [0.05, 0.1) is 0 Å². The molecular weight excluding hydrogens is 287 g/mol. The number of halogens is 2. The van der Waals surface area contributed by atoms with Gasteiger partial charge in [0.25, 0.3) is 0 Å². The van der Waals surface area contributed by atoms with Gasteiger partial charge in [-0.1, -0.05) is 56.6 Å². The second-order valence-electron chi connectivity index (χ2n) is 5.93. The predicted octanol–water partition coefficient (Wildman–Crippen LogP) is 5.25. The highest BCUT2D eigenvalue weighted by Gasteiger charge is 2.20. The summed E-state index contributed by atoms with van der Waals surface area (Å²) in [5.41, 5.74) is 2.15. The van der Waals surface area contributed by atoms with Gasteiger partial charge in [-0.25, -0.2) is 4.39 Å². The van der Waals surface area contributed by atoms with E-state index in [-0.39, 0.29) is 11.0 Å². The molecule has 0 heterocycles. The van der Waals surface area contributed by atoms with Crippen molar-refractivity contribution in [1.29, 1.82) is 0 Å². The Morgan fingerprint density at radius 1 is 1.14 bits per heavy atom. The van der Waals surface area contributed by atoms with Gasteiger partial charge in [0.1, 0.15) is 11.9 Å². The van der Waals surface area contributed by atoms with Crippen molar-refractivity contribution in [3.63, 3.8) is 0 Å². The highest BCUT2D eigenvalue weighted by atomic mass is 35.5. The van der Waals surface area contributed by atoms with E-state index in [4.69, 9.17) is 11.6 Å². The molecule has 0 aliphatic carbocycles. The third kappa shape index (κ3) is 3.45. The molecule has 0 fully saturated rings. The van der Waals surface area contributed by atoms with E-state index in [0.717, 1.165) is 6.42 Å². The zero-order chi connectivity index (χ0) is 15.6. The van der Waals surface area contributed by atoms with Crippen LogP contribution >= 0.6 is 11.6 Å². The monoisotopic (exact) mass is 306 g/mol. The van der Waals surface area contributed by atoms with E-state index in [2.05, 4.69) is 20.8 Å². The maximum absolute atomic E-state index is 13.8. The zero-order valence-corrected chi connectivity index (χ0v) is 13.3. The lowest BCUT2D eigenvalue weighted by Crippen LogP contribution is -2.15. The summed E-state index contributed by atoms with van der Waals surface area (Å²) < 4.78 is 13.8. The van der Waals surface area contributed by atoms with Crippen LogP contribution in [0, 0.1) is 5.82 Å². The van der Waals surface area contributed by atoms with Crippen LogP contribution < -0.4 is 0 Å². The molecule has 0 saturated carbocycles. The summed E-state index contributed by atoms with van der Waals surface area (Å²) >= 11 is 5.87. The molecule has 0 bridgehead atoms. The molecule has 3 heteroatoms. The molecule has 1 atom stereocenters. The average Bonchev–Trinajstić information content (AvgIpc) is 2.49. The Kier molecular flexibility index (Phi) is 4.70. The van der Waals surface area contributed by atoms with E-state index >= 15 is 0 Å². The predicted molar refractivity (Wildman–Crippen MR) is 85.2 cm³/mol. The Bertz CT molecular complexity index is 620. The van der Waals surface area contributed by atoms with Crippen molar-refractivity contribution in [3.8, 4) is 0 Å². The van der Waals surface area contributed by atoms with E-state index in [0.29, 0.717) is 10.6 Å². The summed E-state index contributed by atoms with van der Waals surface area (Å²) in [7, 11) is 0. The molecule has 1 N–H and O–H groups in total. The first-order valence-corrected chi connectivity index (χ1v) is 7.46. The molecule has 0 spiro atoms. The van der Waals surface area contributed by atoms with Crippen LogP contribution in [0.1, 0.15) is 50.0 Å². The molecule has 1 unspecified atom stereocenters. The lowest BCUT2D eigenvalue weighted by atomic mass is 9.81. The van der Waals surface area contributed by atoms with Crippen LogP contribution in [0.15, 0.2) is 42.5 Å². The van der Waals surface area contributed by atoms with Gasteiger partial charge in [0.2, 0.25) is 0 Å². The molecule has 0 saturated heterocycles. The molecule has 1 nitrogen and oxygen atoms in total. The van der Waals surface area contributed by atoms with Crippen molar-refractivity contribution in [2.45, 2.75) is 38.7 Å². The maximum Gasteiger partial charge on any atom is 0.129 e. The summed E-state index contributed by atoms with van der Waals surface area (Å²) in [5.74, 6) is -0.454. The van der Waals surface area contributed by atoms with E-state index in [1.165, 1.54) is 23.8 Å². The van der Waals surface area contributed by atoms with Gasteiger partial charge in [-0.2, -0.15) is 0 Å². The van der Waals surface area contributed by atoms with Crippen molar-refractivity contribution >= 4 is 11.6 Å². The highest BCUT2D eigenvalue weighted by Crippen LogP contribution is 2.30. The average molecular weight is 307 g/mol. The number of hydrogen-bond donors (Lipinski definition) is 1. The van der Waals surface area contributed by atoms with Crippen molar-refractivity contribution in [2.75, 3.05) is 0 Å². The molecule has 0 aromatic heterocycles. The van der Waals surface area contributed by atoms with Crippen molar-refractivity contribution in [2.24, 2.45) is 0 Å². The minimum atomic E-state index is -1.01. The molecule has 0 radical (unpaired) electrons. The van der Waals surface area contributed by atoms with E-state index in [9.17, 15) is 9.50 Å². The molecule has 2 aromatic rings. The molecule has 21 heavy (non-hydrogen) atoms. The SMILES string of the molecule is CCC(C)(C)c1ccc(C(O)c2cc(Cl)ccc2F)cc1. The Morgan fingerprint density at radius 3 is 2.33 bits per heavy atom. The summed E-state index contributed by atoms with van der Waals surface area (Å²) in [4.78, 5) is 0. The Hall–Kier alpha value is -1.38. The van der Waals surface area contributed by atoms with Gasteiger partial charge < -0.3 is 5.11 Å². The fourth-order valence-corrected chi connectivity index (χ4v) is 2.40. The van der Waals surface area contributed by atoms with Crippen LogP contribution in [-0.2, 0) is 5.41 Å². The number of benzene rings is 2. The smallest absolute Gasteiger partial charge is 0.129 e. The van der Waals surface area contributed by atoms with Gasteiger partial charge in [0, 0.05) is 10.6 Å². The fraction of sp³-hybridized carbons (Fsp3) is 0.333. The van der Waals surface area contributed by atoms with Crippen molar-refractivity contribution < 1.29 is 9.50 Å². The number of rotatable bonds is 4. The van der Waals surface area contributed by atoms with Crippen LogP contribution in [0.4, 0.5) is 4.39 Å². The van der Waals surface area contributed by atoms with E-state index in [1.807, 2.05) is 24.3 Å². The van der Waals surface area contributed by atoms with Gasteiger partial charge in [-0.05, 0) is 41.2 Å². The number of aliphatic hydroxyl groups is 1. The van der Waals surface area contributed by atoms with Crippen LogP contribution in [0.25, 0.3) is 0 Å². The quantitative estimate of drug-likeness (QED) is 0.818. The topological polar surface area (TPSA) is 20.2 Å². The third-order valence-corrected chi connectivity index (χ3v) is 4.38. The van der Waals surface area contributed by atoms with E-state index in [1.54, 1.807) is 0 Å². The molecule has 2 rings (SSSR count). The van der Waals surface area contributed by atoms with Gasteiger partial charge in [0.15, 0.2) is 0 Å². The van der Waals surface area contributed by atoms with Crippen molar-refractivity contribution in [1.82, 2.24) is 0 Å².